The van der Waals surface area contributed by atoms with Gasteiger partial charge in [-0.3, -0.25) is 11.3 Å². The summed E-state index contributed by atoms with van der Waals surface area (Å²) in [6, 6.07) is 5.98. The zero-order valence-electron chi connectivity index (χ0n) is 13.1. The Labute approximate surface area is 126 Å². The number of hydrogen-bond donors (Lipinski definition) is 2. The second kappa shape index (κ2) is 7.64. The van der Waals surface area contributed by atoms with Gasteiger partial charge >= 0.3 is 0 Å². The van der Waals surface area contributed by atoms with Crippen molar-refractivity contribution in [2.75, 3.05) is 20.8 Å². The van der Waals surface area contributed by atoms with E-state index in [-0.39, 0.29) is 6.04 Å². The van der Waals surface area contributed by atoms with Crippen LogP contribution in [0.25, 0.3) is 0 Å². The molecule has 1 aromatic rings. The van der Waals surface area contributed by atoms with E-state index < -0.39 is 0 Å². The zero-order valence-corrected chi connectivity index (χ0v) is 13.1. The maximum atomic E-state index is 5.75. The SMILES string of the molecule is CCOC1CC(CC(NN)c2cc(OC)cc(OC)c2)C1. The molecule has 0 saturated heterocycles. The third-order valence-electron chi connectivity index (χ3n) is 4.14. The molecule has 0 bridgehead atoms. The zero-order chi connectivity index (χ0) is 15.2. The van der Waals surface area contributed by atoms with Gasteiger partial charge in [0, 0.05) is 18.7 Å². The van der Waals surface area contributed by atoms with Crippen molar-refractivity contribution >= 4 is 0 Å². The molecule has 0 aliphatic heterocycles. The van der Waals surface area contributed by atoms with E-state index in [1.165, 1.54) is 0 Å². The van der Waals surface area contributed by atoms with Crippen LogP contribution in [0.4, 0.5) is 0 Å². The minimum absolute atomic E-state index is 0.0987. The van der Waals surface area contributed by atoms with Gasteiger partial charge in [0.25, 0.3) is 0 Å². The van der Waals surface area contributed by atoms with Gasteiger partial charge in [0.1, 0.15) is 11.5 Å². The summed E-state index contributed by atoms with van der Waals surface area (Å²) in [6.45, 7) is 2.84. The highest BCUT2D eigenvalue weighted by atomic mass is 16.5. The first-order valence-corrected chi connectivity index (χ1v) is 7.50. The molecule has 1 atom stereocenters. The first kappa shape index (κ1) is 16.1. The van der Waals surface area contributed by atoms with E-state index in [0.29, 0.717) is 12.0 Å². The minimum atomic E-state index is 0.0987. The molecule has 21 heavy (non-hydrogen) atoms. The third-order valence-corrected chi connectivity index (χ3v) is 4.14. The van der Waals surface area contributed by atoms with Crippen molar-refractivity contribution in [2.24, 2.45) is 11.8 Å². The summed E-state index contributed by atoms with van der Waals surface area (Å²) in [4.78, 5) is 0. The van der Waals surface area contributed by atoms with Crippen LogP contribution in [0.1, 0.15) is 37.8 Å². The molecule has 5 heteroatoms. The predicted molar refractivity (Wildman–Crippen MR) is 82.4 cm³/mol. The fourth-order valence-electron chi connectivity index (χ4n) is 2.90. The fourth-order valence-corrected chi connectivity index (χ4v) is 2.90. The summed E-state index contributed by atoms with van der Waals surface area (Å²) in [6.07, 6.45) is 3.66. The lowest BCUT2D eigenvalue weighted by Crippen LogP contribution is -2.36. The number of rotatable bonds is 8. The van der Waals surface area contributed by atoms with E-state index in [1.54, 1.807) is 14.2 Å². The molecule has 0 amide bonds. The van der Waals surface area contributed by atoms with Crippen LogP contribution in [0.2, 0.25) is 0 Å². The van der Waals surface area contributed by atoms with Gasteiger partial charge in [-0.05, 0) is 49.8 Å². The van der Waals surface area contributed by atoms with Crippen LogP contribution >= 0.6 is 0 Å². The molecular weight excluding hydrogens is 268 g/mol. The molecule has 1 aliphatic rings. The number of ether oxygens (including phenoxy) is 3. The summed E-state index contributed by atoms with van der Waals surface area (Å²) in [5.41, 5.74) is 4.01. The average Bonchev–Trinajstić information content (AvgIpc) is 2.48. The Morgan fingerprint density at radius 3 is 2.29 bits per heavy atom. The van der Waals surface area contributed by atoms with Gasteiger partial charge in [0.15, 0.2) is 0 Å². The van der Waals surface area contributed by atoms with E-state index in [9.17, 15) is 0 Å². The molecular formula is C16H26N2O3. The van der Waals surface area contributed by atoms with Gasteiger partial charge in [-0.1, -0.05) is 0 Å². The molecule has 3 N–H and O–H groups in total. The highest BCUT2D eigenvalue weighted by molar-refractivity contribution is 5.39. The third kappa shape index (κ3) is 4.09. The average molecular weight is 294 g/mol. The van der Waals surface area contributed by atoms with Gasteiger partial charge in [0.2, 0.25) is 0 Å². The van der Waals surface area contributed by atoms with Crippen molar-refractivity contribution in [2.45, 2.75) is 38.3 Å². The molecule has 1 saturated carbocycles. The standard InChI is InChI=1S/C16H26N2O3/c1-4-21-15-5-11(6-15)7-16(18-17)12-8-13(19-2)10-14(9-12)20-3/h8-11,15-16,18H,4-7,17H2,1-3H3. The van der Waals surface area contributed by atoms with Gasteiger partial charge in [-0.15, -0.1) is 0 Å². The molecule has 118 valence electrons. The maximum absolute atomic E-state index is 5.75. The largest absolute Gasteiger partial charge is 0.497 e. The van der Waals surface area contributed by atoms with Crippen molar-refractivity contribution < 1.29 is 14.2 Å². The Hall–Kier alpha value is -1.30. The van der Waals surface area contributed by atoms with E-state index in [1.807, 2.05) is 25.1 Å². The summed E-state index contributed by atoms with van der Waals surface area (Å²) >= 11 is 0. The highest BCUT2D eigenvalue weighted by Gasteiger charge is 2.31. The molecule has 0 aromatic heterocycles. The van der Waals surface area contributed by atoms with E-state index in [2.05, 4.69) is 5.43 Å². The summed E-state index contributed by atoms with van der Waals surface area (Å²) in [7, 11) is 3.31. The summed E-state index contributed by atoms with van der Waals surface area (Å²) < 4.78 is 16.2. The lowest BCUT2D eigenvalue weighted by molar-refractivity contribution is -0.0291. The summed E-state index contributed by atoms with van der Waals surface area (Å²) in [5, 5.41) is 0. The Bertz CT molecular complexity index is 425. The Kier molecular flexibility index (Phi) is 5.85. The molecule has 2 rings (SSSR count). The van der Waals surface area contributed by atoms with E-state index in [0.717, 1.165) is 42.9 Å². The number of hydrazine groups is 1. The van der Waals surface area contributed by atoms with E-state index >= 15 is 0 Å². The topological polar surface area (TPSA) is 65.7 Å². The van der Waals surface area contributed by atoms with Crippen LogP contribution in [-0.2, 0) is 4.74 Å². The lowest BCUT2D eigenvalue weighted by atomic mass is 9.77. The predicted octanol–water partition coefficient (Wildman–Crippen LogP) is 2.41. The Morgan fingerprint density at radius 1 is 1.19 bits per heavy atom. The lowest BCUT2D eigenvalue weighted by Gasteiger charge is -2.37. The minimum Gasteiger partial charge on any atom is -0.497 e. The van der Waals surface area contributed by atoms with Crippen LogP contribution in [0, 0.1) is 5.92 Å². The highest BCUT2D eigenvalue weighted by Crippen LogP contribution is 2.38. The Balaban J connectivity index is 2.00. The molecule has 0 radical (unpaired) electrons. The second-order valence-corrected chi connectivity index (χ2v) is 5.52. The van der Waals surface area contributed by atoms with Gasteiger partial charge in [-0.25, -0.2) is 0 Å². The quantitative estimate of drug-likeness (QED) is 0.569. The molecule has 1 fully saturated rings. The van der Waals surface area contributed by atoms with Gasteiger partial charge in [-0.2, -0.15) is 0 Å². The number of methoxy groups -OCH3 is 2. The van der Waals surface area contributed by atoms with Crippen molar-refractivity contribution in [3.8, 4) is 11.5 Å². The smallest absolute Gasteiger partial charge is 0.122 e. The first-order chi connectivity index (χ1) is 10.2. The van der Waals surface area contributed by atoms with Crippen LogP contribution in [0.5, 0.6) is 11.5 Å². The van der Waals surface area contributed by atoms with Gasteiger partial charge in [0.05, 0.1) is 20.3 Å². The van der Waals surface area contributed by atoms with Crippen molar-refractivity contribution in [3.63, 3.8) is 0 Å². The van der Waals surface area contributed by atoms with Crippen LogP contribution in [0.15, 0.2) is 18.2 Å². The molecule has 1 unspecified atom stereocenters. The maximum Gasteiger partial charge on any atom is 0.122 e. The molecule has 0 spiro atoms. The monoisotopic (exact) mass is 294 g/mol. The fraction of sp³-hybridized carbons (Fsp3) is 0.625. The van der Waals surface area contributed by atoms with Crippen molar-refractivity contribution in [1.82, 2.24) is 5.43 Å². The number of nitrogens with two attached hydrogens (primary N) is 1. The van der Waals surface area contributed by atoms with Gasteiger partial charge < -0.3 is 14.2 Å². The molecule has 0 heterocycles. The van der Waals surface area contributed by atoms with Crippen LogP contribution in [0.3, 0.4) is 0 Å². The normalized spacial score (nSPS) is 22.5. The first-order valence-electron chi connectivity index (χ1n) is 7.50. The van der Waals surface area contributed by atoms with E-state index in [4.69, 9.17) is 20.1 Å². The number of benzene rings is 1. The van der Waals surface area contributed by atoms with Crippen LogP contribution < -0.4 is 20.7 Å². The second-order valence-electron chi connectivity index (χ2n) is 5.52. The molecule has 5 nitrogen and oxygen atoms in total. The van der Waals surface area contributed by atoms with Crippen molar-refractivity contribution in [1.29, 1.82) is 0 Å². The number of nitrogens with one attached hydrogen (secondary N) is 1. The number of hydrogen-bond acceptors (Lipinski definition) is 5. The molecule has 1 aromatic carbocycles. The Morgan fingerprint density at radius 2 is 1.81 bits per heavy atom. The summed E-state index contributed by atoms with van der Waals surface area (Å²) in [5.74, 6) is 7.96. The van der Waals surface area contributed by atoms with Crippen LogP contribution in [-0.4, -0.2) is 26.9 Å². The molecule has 1 aliphatic carbocycles. The van der Waals surface area contributed by atoms with Crippen molar-refractivity contribution in [3.05, 3.63) is 23.8 Å².